The van der Waals surface area contributed by atoms with Crippen molar-refractivity contribution >= 4 is 60.5 Å². The van der Waals surface area contributed by atoms with Crippen molar-refractivity contribution in [2.75, 3.05) is 35.9 Å². The molecule has 1 fully saturated rings. The zero-order chi connectivity index (χ0) is 29.4. The van der Waals surface area contributed by atoms with E-state index in [2.05, 4.69) is 5.32 Å². The van der Waals surface area contributed by atoms with Crippen LogP contribution in [-0.4, -0.2) is 53.3 Å². The zero-order valence-corrected chi connectivity index (χ0v) is 25.4. The van der Waals surface area contributed by atoms with Gasteiger partial charge >= 0.3 is 0 Å². The third-order valence-corrected chi connectivity index (χ3v) is 11.4. The summed E-state index contributed by atoms with van der Waals surface area (Å²) in [6.07, 6.45) is 1.57. The van der Waals surface area contributed by atoms with Gasteiger partial charge in [0.05, 0.1) is 33.0 Å². The number of rotatable bonds is 8. The molecule has 218 valence electrons. The number of fused-ring (bicyclic) bond motifs is 1. The molecule has 1 N–H and O–H groups in total. The minimum absolute atomic E-state index is 0.0149. The number of anilines is 2. The van der Waals surface area contributed by atoms with Crippen molar-refractivity contribution in [2.24, 2.45) is 5.92 Å². The number of halogens is 2. The van der Waals surface area contributed by atoms with Gasteiger partial charge in [-0.2, -0.15) is 4.31 Å². The molecule has 2 aliphatic heterocycles. The topological polar surface area (TPSA) is 113 Å². The molecular weight excluding hydrogens is 609 g/mol. The van der Waals surface area contributed by atoms with Gasteiger partial charge in [-0.3, -0.25) is 9.10 Å². The van der Waals surface area contributed by atoms with Crippen LogP contribution in [0, 0.1) is 5.92 Å². The fourth-order valence-electron chi connectivity index (χ4n) is 5.09. The minimum atomic E-state index is -3.88. The molecule has 1 atom stereocenters. The van der Waals surface area contributed by atoms with E-state index >= 15 is 0 Å². The second-order valence-corrected chi connectivity index (χ2v) is 14.5. The van der Waals surface area contributed by atoms with Crippen LogP contribution in [-0.2, 0) is 31.3 Å². The quantitative estimate of drug-likeness (QED) is 0.364. The molecule has 3 aromatic carbocycles. The van der Waals surface area contributed by atoms with Gasteiger partial charge in [-0.15, -0.1) is 0 Å². The number of benzene rings is 3. The Balaban J connectivity index is 1.31. The first-order valence-electron chi connectivity index (χ1n) is 13.2. The average Bonchev–Trinajstić information content (AvgIpc) is 3.39. The molecule has 0 saturated carbocycles. The van der Waals surface area contributed by atoms with E-state index in [1.165, 1.54) is 51.1 Å². The highest BCUT2D eigenvalue weighted by Gasteiger charge is 2.35. The van der Waals surface area contributed by atoms with Crippen LogP contribution < -0.4 is 14.4 Å². The van der Waals surface area contributed by atoms with Gasteiger partial charge in [0.2, 0.25) is 15.9 Å². The zero-order valence-electron chi connectivity index (χ0n) is 22.2. The Morgan fingerprint density at radius 1 is 0.951 bits per heavy atom. The number of sulfonamides is 2. The highest BCUT2D eigenvalue weighted by molar-refractivity contribution is 7.92. The fraction of sp³-hybridized carbons (Fsp3) is 0.321. The van der Waals surface area contributed by atoms with Gasteiger partial charge in [0.15, 0.2) is 0 Å². The minimum Gasteiger partial charge on any atom is -0.492 e. The predicted molar refractivity (Wildman–Crippen MR) is 159 cm³/mol. The van der Waals surface area contributed by atoms with Crippen LogP contribution in [0.3, 0.4) is 0 Å². The summed E-state index contributed by atoms with van der Waals surface area (Å²) in [6.45, 7) is 2.79. The third kappa shape index (κ3) is 6.05. The molecule has 41 heavy (non-hydrogen) atoms. The Morgan fingerprint density at radius 3 is 2.39 bits per heavy atom. The SMILES string of the molecule is CCOc1ccc(S(=O)(=O)N2CCC[C@H](C(=O)Nc3ccc4c(c3)N(S(=O)(=O)c3ccc(Cl)cc3)CC4)C2)cc1Cl. The van der Waals surface area contributed by atoms with E-state index in [-0.39, 0.29) is 40.4 Å². The lowest BCUT2D eigenvalue weighted by molar-refractivity contribution is -0.120. The van der Waals surface area contributed by atoms with Crippen LogP contribution in [0.5, 0.6) is 5.75 Å². The van der Waals surface area contributed by atoms with Gasteiger partial charge in [0, 0.05) is 30.3 Å². The first kappa shape index (κ1) is 29.7. The summed E-state index contributed by atoms with van der Waals surface area (Å²) in [5.74, 6) is -0.517. The number of hydrogen-bond acceptors (Lipinski definition) is 6. The second-order valence-electron chi connectivity index (χ2n) is 9.84. The van der Waals surface area contributed by atoms with Crippen molar-refractivity contribution in [3.05, 3.63) is 76.3 Å². The van der Waals surface area contributed by atoms with E-state index in [0.717, 1.165) is 5.56 Å². The lowest BCUT2D eigenvalue weighted by Gasteiger charge is -2.31. The number of ether oxygens (including phenoxy) is 1. The molecule has 0 unspecified atom stereocenters. The number of piperidine rings is 1. The normalized spacial score (nSPS) is 17.7. The van der Waals surface area contributed by atoms with E-state index in [1.807, 2.05) is 6.92 Å². The van der Waals surface area contributed by atoms with Gasteiger partial charge in [0.1, 0.15) is 5.75 Å². The maximum absolute atomic E-state index is 13.4. The Kier molecular flexibility index (Phi) is 8.54. The molecule has 1 saturated heterocycles. The van der Waals surface area contributed by atoms with Gasteiger partial charge in [-0.1, -0.05) is 29.3 Å². The Bertz CT molecular complexity index is 1680. The van der Waals surface area contributed by atoms with Crippen LogP contribution in [0.4, 0.5) is 11.4 Å². The average molecular weight is 639 g/mol. The van der Waals surface area contributed by atoms with Crippen molar-refractivity contribution < 1.29 is 26.4 Å². The molecule has 0 aliphatic carbocycles. The van der Waals surface area contributed by atoms with Crippen molar-refractivity contribution in [1.82, 2.24) is 4.31 Å². The summed E-state index contributed by atoms with van der Waals surface area (Å²) in [5.41, 5.74) is 1.78. The third-order valence-electron chi connectivity index (χ3n) is 7.20. The van der Waals surface area contributed by atoms with Crippen LogP contribution in [0.2, 0.25) is 10.0 Å². The number of carbonyl (C=O) groups is 1. The van der Waals surface area contributed by atoms with Crippen molar-refractivity contribution in [2.45, 2.75) is 36.0 Å². The largest absolute Gasteiger partial charge is 0.492 e. The molecule has 1 amide bonds. The summed E-state index contributed by atoms with van der Waals surface area (Å²) in [6, 6.07) is 15.5. The van der Waals surface area contributed by atoms with E-state index in [1.54, 1.807) is 18.2 Å². The van der Waals surface area contributed by atoms with E-state index in [4.69, 9.17) is 27.9 Å². The van der Waals surface area contributed by atoms with Gasteiger partial charge in [0.25, 0.3) is 10.0 Å². The van der Waals surface area contributed by atoms with Crippen LogP contribution in [0.25, 0.3) is 0 Å². The lowest BCUT2D eigenvalue weighted by Crippen LogP contribution is -2.43. The van der Waals surface area contributed by atoms with Crippen molar-refractivity contribution in [3.63, 3.8) is 0 Å². The van der Waals surface area contributed by atoms with Crippen molar-refractivity contribution in [1.29, 1.82) is 0 Å². The predicted octanol–water partition coefficient (Wildman–Crippen LogP) is 5.18. The molecule has 3 aromatic rings. The summed E-state index contributed by atoms with van der Waals surface area (Å²) >= 11 is 12.2. The molecule has 0 spiro atoms. The number of amides is 1. The van der Waals surface area contributed by atoms with Gasteiger partial charge < -0.3 is 10.1 Å². The van der Waals surface area contributed by atoms with E-state index in [9.17, 15) is 21.6 Å². The number of carbonyl (C=O) groups excluding carboxylic acids is 1. The van der Waals surface area contributed by atoms with Crippen LogP contribution >= 0.6 is 23.2 Å². The standard InChI is InChI=1S/C28H29Cl2N3O6S2/c1-2-39-27-12-11-24(17-25(27)30)40(35,36)32-14-3-4-20(18-32)28(34)31-22-8-5-19-13-15-33(26(19)16-22)41(37,38)23-9-6-21(29)7-10-23/h5-12,16-17,20H,2-4,13-15,18H2,1H3,(H,31,34)/t20-/m0/s1. The number of nitrogens with one attached hydrogen (secondary N) is 1. The monoisotopic (exact) mass is 637 g/mol. The highest BCUT2D eigenvalue weighted by atomic mass is 35.5. The van der Waals surface area contributed by atoms with Crippen molar-refractivity contribution in [3.8, 4) is 5.75 Å². The summed E-state index contributed by atoms with van der Waals surface area (Å²) in [5, 5.41) is 3.50. The molecule has 0 aromatic heterocycles. The number of hydrogen-bond donors (Lipinski definition) is 1. The Labute approximate surface area is 250 Å². The number of nitrogens with zero attached hydrogens (tertiary/aromatic N) is 2. The highest BCUT2D eigenvalue weighted by Crippen LogP contribution is 2.36. The molecule has 0 radical (unpaired) electrons. The van der Waals surface area contributed by atoms with E-state index < -0.39 is 26.0 Å². The molecule has 5 rings (SSSR count). The fourth-order valence-corrected chi connectivity index (χ4v) is 8.57. The maximum Gasteiger partial charge on any atom is 0.264 e. The molecule has 2 heterocycles. The van der Waals surface area contributed by atoms with Gasteiger partial charge in [-0.25, -0.2) is 16.8 Å². The Hall–Kier alpha value is -2.83. The summed E-state index contributed by atoms with van der Waals surface area (Å²) in [4.78, 5) is 13.4. The first-order valence-corrected chi connectivity index (χ1v) is 16.8. The molecule has 13 heteroatoms. The molecule has 0 bridgehead atoms. The van der Waals surface area contributed by atoms with E-state index in [0.29, 0.717) is 48.0 Å². The molecule has 2 aliphatic rings. The summed E-state index contributed by atoms with van der Waals surface area (Å²) < 4.78 is 61.4. The first-order chi connectivity index (χ1) is 19.5. The maximum atomic E-state index is 13.4. The van der Waals surface area contributed by atoms with Crippen LogP contribution in [0.1, 0.15) is 25.3 Å². The molecular formula is C28H29Cl2N3O6S2. The second kappa shape index (κ2) is 11.8. The van der Waals surface area contributed by atoms with Crippen LogP contribution in [0.15, 0.2) is 70.5 Å². The summed E-state index contributed by atoms with van der Waals surface area (Å²) in [7, 11) is -7.71. The smallest absolute Gasteiger partial charge is 0.264 e. The lowest BCUT2D eigenvalue weighted by atomic mass is 9.98. The molecule has 9 nitrogen and oxygen atoms in total. The Morgan fingerprint density at radius 2 is 1.68 bits per heavy atom. The van der Waals surface area contributed by atoms with Gasteiger partial charge in [-0.05, 0) is 86.3 Å².